The van der Waals surface area contributed by atoms with Gasteiger partial charge in [-0.1, -0.05) is 12.8 Å². The van der Waals surface area contributed by atoms with Crippen LogP contribution in [-0.2, 0) is 6.18 Å². The predicted molar refractivity (Wildman–Crippen MR) is 70.9 cm³/mol. The lowest BCUT2D eigenvalue weighted by Crippen LogP contribution is -2.37. The zero-order valence-electron chi connectivity index (χ0n) is 11.5. The lowest BCUT2D eigenvalue weighted by atomic mass is 9.84. The molecule has 0 amide bonds. The van der Waals surface area contributed by atoms with Crippen LogP contribution in [0.25, 0.3) is 0 Å². The molecule has 1 aromatic heterocycles. The zero-order chi connectivity index (χ0) is 15.0. The van der Waals surface area contributed by atoms with Crippen LogP contribution in [0.5, 0.6) is 0 Å². The van der Waals surface area contributed by atoms with Crippen molar-refractivity contribution in [3.8, 4) is 0 Å². The van der Waals surface area contributed by atoms with Gasteiger partial charge in [0.2, 0.25) is 0 Å². The van der Waals surface area contributed by atoms with Crippen LogP contribution in [-0.4, -0.2) is 22.9 Å². The second-order valence-electron chi connectivity index (χ2n) is 5.89. The van der Waals surface area contributed by atoms with Crippen LogP contribution in [0.3, 0.4) is 0 Å². The fourth-order valence-corrected chi connectivity index (χ4v) is 3.55. The van der Waals surface area contributed by atoms with Crippen LogP contribution >= 0.6 is 0 Å². The molecule has 1 saturated heterocycles. The summed E-state index contributed by atoms with van der Waals surface area (Å²) in [5.41, 5.74) is -1.21. The first-order valence-electron chi connectivity index (χ1n) is 7.28. The third kappa shape index (κ3) is 2.81. The van der Waals surface area contributed by atoms with E-state index in [1.165, 1.54) is 0 Å². The van der Waals surface area contributed by atoms with E-state index in [1.54, 1.807) is 0 Å². The average molecular weight is 298 g/mol. The van der Waals surface area contributed by atoms with E-state index in [0.717, 1.165) is 44.1 Å². The van der Waals surface area contributed by atoms with Crippen molar-refractivity contribution in [1.82, 2.24) is 10.3 Å². The molecule has 3 unspecified atom stereocenters. The van der Waals surface area contributed by atoms with Crippen LogP contribution in [0.2, 0.25) is 0 Å². The first-order chi connectivity index (χ1) is 9.97. The van der Waals surface area contributed by atoms with Crippen LogP contribution in [0.4, 0.5) is 13.2 Å². The van der Waals surface area contributed by atoms with Crippen molar-refractivity contribution in [2.45, 2.75) is 50.4 Å². The Hall–Kier alpha value is -1.43. The van der Waals surface area contributed by atoms with E-state index in [2.05, 4.69) is 10.3 Å². The minimum Gasteiger partial charge on any atom is -0.304 e. The minimum atomic E-state index is -4.53. The van der Waals surface area contributed by atoms with Gasteiger partial charge in [-0.25, -0.2) is 0 Å². The van der Waals surface area contributed by atoms with E-state index in [9.17, 15) is 18.0 Å². The second-order valence-corrected chi connectivity index (χ2v) is 5.89. The predicted octanol–water partition coefficient (Wildman–Crippen LogP) is 3.20. The maximum absolute atomic E-state index is 13.0. The number of carbonyl (C=O) groups excluding carboxylic acids is 1. The summed E-state index contributed by atoms with van der Waals surface area (Å²) in [5.74, 6) is -0.0662. The summed E-state index contributed by atoms with van der Waals surface area (Å²) in [5, 5.41) is 3.23. The number of hydrogen-bond donors (Lipinski definition) is 1. The number of nitrogens with zero attached hydrogens (tertiary/aromatic N) is 1. The molecule has 0 spiro atoms. The largest absolute Gasteiger partial charge is 0.417 e. The van der Waals surface area contributed by atoms with Gasteiger partial charge in [0, 0.05) is 24.0 Å². The number of rotatable bonds is 2. The standard InChI is InChI=1S/C15H17F3N2O/c16-15(17,18)11-5-6-19-8-10(11)14(21)13-7-9-3-1-2-4-12(9)20-13/h5-6,8-9,12-13,20H,1-4,7H2. The molecule has 3 rings (SSSR count). The Morgan fingerprint density at radius 2 is 2.05 bits per heavy atom. The quantitative estimate of drug-likeness (QED) is 0.853. The number of aromatic nitrogens is 1. The molecule has 21 heavy (non-hydrogen) atoms. The van der Waals surface area contributed by atoms with E-state index >= 15 is 0 Å². The molecule has 0 aromatic carbocycles. The Labute approximate surface area is 120 Å². The van der Waals surface area contributed by atoms with E-state index in [-0.39, 0.29) is 11.6 Å². The molecule has 1 aliphatic heterocycles. The Bertz CT molecular complexity index is 530. The molecule has 1 N–H and O–H groups in total. The second kappa shape index (κ2) is 5.40. The van der Waals surface area contributed by atoms with Gasteiger partial charge in [0.25, 0.3) is 0 Å². The molecule has 1 aromatic rings. The van der Waals surface area contributed by atoms with Crippen molar-refractivity contribution in [3.05, 3.63) is 29.6 Å². The number of nitrogens with one attached hydrogen (secondary N) is 1. The SMILES string of the molecule is O=C(c1cnccc1C(F)(F)F)C1CC2CCCCC2N1. The highest BCUT2D eigenvalue weighted by Crippen LogP contribution is 2.36. The summed E-state index contributed by atoms with van der Waals surface area (Å²) in [6.07, 6.45) is 2.54. The maximum atomic E-state index is 13.0. The number of pyridine rings is 1. The molecular formula is C15H17F3N2O. The topological polar surface area (TPSA) is 42.0 Å². The summed E-state index contributed by atoms with van der Waals surface area (Å²) >= 11 is 0. The summed E-state index contributed by atoms with van der Waals surface area (Å²) in [6, 6.07) is 0.636. The molecule has 0 bridgehead atoms. The fourth-order valence-electron chi connectivity index (χ4n) is 3.55. The highest BCUT2D eigenvalue weighted by Gasteiger charge is 2.41. The number of carbonyl (C=O) groups is 1. The maximum Gasteiger partial charge on any atom is 0.417 e. The third-order valence-corrected chi connectivity index (χ3v) is 4.57. The Morgan fingerprint density at radius 3 is 2.76 bits per heavy atom. The van der Waals surface area contributed by atoms with Crippen LogP contribution in [0.15, 0.2) is 18.5 Å². The summed E-state index contributed by atoms with van der Waals surface area (Å²) in [6.45, 7) is 0. The van der Waals surface area contributed by atoms with Gasteiger partial charge in [-0.3, -0.25) is 9.78 Å². The molecule has 1 saturated carbocycles. The molecule has 2 aliphatic rings. The summed E-state index contributed by atoms with van der Waals surface area (Å²) < 4.78 is 39.0. The molecule has 114 valence electrons. The fraction of sp³-hybridized carbons (Fsp3) is 0.600. The lowest BCUT2D eigenvalue weighted by molar-refractivity contribution is -0.138. The van der Waals surface area contributed by atoms with Crippen LogP contribution < -0.4 is 5.32 Å². The summed E-state index contributed by atoms with van der Waals surface area (Å²) in [4.78, 5) is 16.1. The van der Waals surface area contributed by atoms with Crippen LogP contribution in [0, 0.1) is 5.92 Å². The number of halogens is 3. The van der Waals surface area contributed by atoms with Gasteiger partial charge < -0.3 is 5.32 Å². The van der Waals surface area contributed by atoms with Gasteiger partial charge in [0.15, 0.2) is 5.78 Å². The normalized spacial score (nSPS) is 29.2. The van der Waals surface area contributed by atoms with Crippen molar-refractivity contribution in [2.75, 3.05) is 0 Å². The average Bonchev–Trinajstić information content (AvgIpc) is 2.89. The lowest BCUT2D eigenvalue weighted by Gasteiger charge is -2.24. The zero-order valence-corrected chi connectivity index (χ0v) is 11.5. The Kier molecular flexibility index (Phi) is 3.73. The highest BCUT2D eigenvalue weighted by molar-refractivity contribution is 6.01. The van der Waals surface area contributed by atoms with Gasteiger partial charge in [-0.05, 0) is 31.2 Å². The molecule has 3 atom stereocenters. The molecule has 6 heteroatoms. The third-order valence-electron chi connectivity index (χ3n) is 4.57. The number of fused-ring (bicyclic) bond motifs is 1. The number of ketones is 1. The smallest absolute Gasteiger partial charge is 0.304 e. The molecule has 0 radical (unpaired) electrons. The molecule has 1 aliphatic carbocycles. The first kappa shape index (κ1) is 14.5. The van der Waals surface area contributed by atoms with E-state index < -0.39 is 23.6 Å². The number of alkyl halides is 3. The monoisotopic (exact) mass is 298 g/mol. The van der Waals surface area contributed by atoms with Gasteiger partial charge in [-0.2, -0.15) is 13.2 Å². The van der Waals surface area contributed by atoms with E-state index in [4.69, 9.17) is 0 Å². The molecule has 2 heterocycles. The van der Waals surface area contributed by atoms with Crippen molar-refractivity contribution in [3.63, 3.8) is 0 Å². The molecule has 3 nitrogen and oxygen atoms in total. The van der Waals surface area contributed by atoms with Gasteiger partial charge in [0.1, 0.15) is 0 Å². The van der Waals surface area contributed by atoms with Gasteiger partial charge in [0.05, 0.1) is 11.6 Å². The highest BCUT2D eigenvalue weighted by atomic mass is 19.4. The minimum absolute atomic E-state index is 0.277. The van der Waals surface area contributed by atoms with Crippen molar-refractivity contribution < 1.29 is 18.0 Å². The molecular weight excluding hydrogens is 281 g/mol. The van der Waals surface area contributed by atoms with Crippen molar-refractivity contribution in [2.24, 2.45) is 5.92 Å². The summed E-state index contributed by atoms with van der Waals surface area (Å²) in [7, 11) is 0. The number of Topliss-reactive ketones (excluding diaryl/α,β-unsaturated/α-hetero) is 1. The Morgan fingerprint density at radius 1 is 1.29 bits per heavy atom. The van der Waals surface area contributed by atoms with E-state index in [0.29, 0.717) is 12.3 Å². The van der Waals surface area contributed by atoms with Crippen molar-refractivity contribution >= 4 is 5.78 Å². The van der Waals surface area contributed by atoms with Gasteiger partial charge in [-0.15, -0.1) is 0 Å². The first-order valence-corrected chi connectivity index (χ1v) is 7.28. The van der Waals surface area contributed by atoms with Gasteiger partial charge >= 0.3 is 6.18 Å². The van der Waals surface area contributed by atoms with E-state index in [1.807, 2.05) is 0 Å². The Balaban J connectivity index is 1.83. The van der Waals surface area contributed by atoms with Crippen LogP contribution in [0.1, 0.15) is 48.0 Å². The molecule has 2 fully saturated rings. The number of hydrogen-bond acceptors (Lipinski definition) is 3. The van der Waals surface area contributed by atoms with Crippen molar-refractivity contribution in [1.29, 1.82) is 0 Å².